The maximum Gasteiger partial charge on any atom is 0.303 e. The highest BCUT2D eigenvalue weighted by Crippen LogP contribution is 2.15. The van der Waals surface area contributed by atoms with Gasteiger partial charge in [-0.2, -0.15) is 0 Å². The molecule has 0 aliphatic rings. The topological polar surface area (TPSA) is 37.3 Å². The third-order valence-corrected chi connectivity index (χ3v) is 6.65. The van der Waals surface area contributed by atoms with E-state index in [0.29, 0.717) is 6.42 Å². The van der Waals surface area contributed by atoms with Crippen LogP contribution in [-0.2, 0) is 4.79 Å². The minimum absolute atomic E-state index is 0.313. The van der Waals surface area contributed by atoms with Crippen LogP contribution in [0, 0.1) is 0 Å². The average molecular weight is 451 g/mol. The molecule has 0 spiro atoms. The molecule has 0 saturated carbocycles. The molecular formula is C30H58O2. The van der Waals surface area contributed by atoms with Crippen molar-refractivity contribution in [2.75, 3.05) is 0 Å². The van der Waals surface area contributed by atoms with Gasteiger partial charge in [0.05, 0.1) is 0 Å². The summed E-state index contributed by atoms with van der Waals surface area (Å²) in [5.41, 5.74) is 0. The van der Waals surface area contributed by atoms with Crippen molar-refractivity contribution in [3.63, 3.8) is 0 Å². The van der Waals surface area contributed by atoms with Gasteiger partial charge in [0.2, 0.25) is 0 Å². The van der Waals surface area contributed by atoms with Crippen LogP contribution in [0.2, 0.25) is 0 Å². The van der Waals surface area contributed by atoms with Crippen molar-refractivity contribution in [2.24, 2.45) is 0 Å². The van der Waals surface area contributed by atoms with Gasteiger partial charge in [0.15, 0.2) is 0 Å². The van der Waals surface area contributed by atoms with Gasteiger partial charge in [0.1, 0.15) is 0 Å². The molecular weight excluding hydrogens is 392 g/mol. The monoisotopic (exact) mass is 450 g/mol. The number of unbranched alkanes of at least 4 members (excludes halogenated alkanes) is 23. The largest absolute Gasteiger partial charge is 0.481 e. The fourth-order valence-electron chi connectivity index (χ4n) is 4.47. The molecule has 190 valence electrons. The third kappa shape index (κ3) is 29.2. The van der Waals surface area contributed by atoms with Crippen LogP contribution in [0.15, 0.2) is 12.2 Å². The van der Waals surface area contributed by atoms with Gasteiger partial charge in [0, 0.05) is 6.42 Å². The first-order chi connectivity index (χ1) is 15.8. The molecule has 0 heterocycles. The van der Waals surface area contributed by atoms with E-state index < -0.39 is 5.97 Å². The van der Waals surface area contributed by atoms with Crippen LogP contribution in [0.5, 0.6) is 0 Å². The highest BCUT2D eigenvalue weighted by atomic mass is 16.4. The maximum atomic E-state index is 10.4. The molecule has 0 aromatic carbocycles. The summed E-state index contributed by atoms with van der Waals surface area (Å²) in [5.74, 6) is -0.673. The van der Waals surface area contributed by atoms with E-state index in [1.807, 2.05) is 0 Å². The lowest BCUT2D eigenvalue weighted by Gasteiger charge is -2.04. The van der Waals surface area contributed by atoms with E-state index in [1.165, 1.54) is 141 Å². The molecule has 2 heteroatoms. The smallest absolute Gasteiger partial charge is 0.303 e. The zero-order valence-electron chi connectivity index (χ0n) is 21.9. The Kier molecular flexibility index (Phi) is 27.5. The van der Waals surface area contributed by atoms with Crippen molar-refractivity contribution in [2.45, 2.75) is 174 Å². The van der Waals surface area contributed by atoms with Crippen molar-refractivity contribution in [3.05, 3.63) is 12.2 Å². The third-order valence-electron chi connectivity index (χ3n) is 6.65. The number of aliphatic carboxylic acids is 1. The number of carboxylic acids is 1. The Hall–Kier alpha value is -0.790. The van der Waals surface area contributed by atoms with Crippen molar-refractivity contribution < 1.29 is 9.90 Å². The molecule has 0 aromatic heterocycles. The van der Waals surface area contributed by atoms with Crippen molar-refractivity contribution in [3.8, 4) is 0 Å². The van der Waals surface area contributed by atoms with Crippen LogP contribution < -0.4 is 0 Å². The summed E-state index contributed by atoms with van der Waals surface area (Å²) >= 11 is 0. The molecule has 32 heavy (non-hydrogen) atoms. The number of carboxylic acid groups (broad SMARTS) is 1. The molecule has 0 rings (SSSR count). The molecule has 0 atom stereocenters. The number of hydrogen-bond acceptors (Lipinski definition) is 1. The van der Waals surface area contributed by atoms with Crippen molar-refractivity contribution >= 4 is 5.97 Å². The molecule has 0 saturated heterocycles. The second-order valence-electron chi connectivity index (χ2n) is 9.97. The summed E-state index contributed by atoms with van der Waals surface area (Å²) in [5, 5.41) is 8.59. The van der Waals surface area contributed by atoms with E-state index in [4.69, 9.17) is 5.11 Å². The van der Waals surface area contributed by atoms with E-state index >= 15 is 0 Å². The quantitative estimate of drug-likeness (QED) is 0.0997. The van der Waals surface area contributed by atoms with Gasteiger partial charge in [-0.15, -0.1) is 0 Å². The fourth-order valence-corrected chi connectivity index (χ4v) is 4.47. The Morgan fingerprint density at radius 1 is 0.469 bits per heavy atom. The number of carbonyl (C=O) groups is 1. The average Bonchev–Trinajstić information content (AvgIpc) is 2.78. The molecule has 0 aliphatic carbocycles. The Morgan fingerprint density at radius 2 is 0.750 bits per heavy atom. The summed E-state index contributed by atoms with van der Waals surface area (Å²) in [6.45, 7) is 2.29. The van der Waals surface area contributed by atoms with Crippen LogP contribution in [-0.4, -0.2) is 11.1 Å². The van der Waals surface area contributed by atoms with E-state index in [0.717, 1.165) is 19.3 Å². The molecule has 0 aromatic rings. The number of rotatable bonds is 27. The predicted molar refractivity (Wildman–Crippen MR) is 142 cm³/mol. The summed E-state index contributed by atoms with van der Waals surface area (Å²) < 4.78 is 0. The summed E-state index contributed by atoms with van der Waals surface area (Å²) in [7, 11) is 0. The Morgan fingerprint density at radius 3 is 1.06 bits per heavy atom. The lowest BCUT2D eigenvalue weighted by molar-refractivity contribution is -0.137. The molecule has 0 radical (unpaired) electrons. The van der Waals surface area contributed by atoms with E-state index in [-0.39, 0.29) is 0 Å². The molecule has 0 unspecified atom stereocenters. The first-order valence-electron chi connectivity index (χ1n) is 14.6. The van der Waals surface area contributed by atoms with Crippen molar-refractivity contribution in [1.29, 1.82) is 0 Å². The highest BCUT2D eigenvalue weighted by Gasteiger charge is 1.96. The molecule has 0 aliphatic heterocycles. The molecule has 1 N–H and O–H groups in total. The first-order valence-corrected chi connectivity index (χ1v) is 14.6. The van der Waals surface area contributed by atoms with Gasteiger partial charge in [0.25, 0.3) is 0 Å². The second-order valence-corrected chi connectivity index (χ2v) is 9.97. The molecule has 0 amide bonds. The lowest BCUT2D eigenvalue weighted by atomic mass is 10.0. The predicted octanol–water partition coefficient (Wildman–Crippen LogP) is 10.8. The minimum atomic E-state index is -0.673. The van der Waals surface area contributed by atoms with Gasteiger partial charge < -0.3 is 5.11 Å². The van der Waals surface area contributed by atoms with Crippen LogP contribution in [0.25, 0.3) is 0 Å². The standard InChI is InChI=1S/C30H58O2/c1-2-3-4-5-6-7-8-9-10-11-12-13-14-15-16-17-18-19-20-21-22-23-24-25-26-27-28-29-30(31)32/h24-25H,2-23,26-29H2,1H3,(H,31,32). The Labute approximate surface area is 202 Å². The van der Waals surface area contributed by atoms with E-state index in [1.54, 1.807) is 0 Å². The highest BCUT2D eigenvalue weighted by molar-refractivity contribution is 5.66. The van der Waals surface area contributed by atoms with Crippen LogP contribution >= 0.6 is 0 Å². The van der Waals surface area contributed by atoms with Gasteiger partial charge in [-0.1, -0.05) is 147 Å². The normalized spacial score (nSPS) is 11.5. The van der Waals surface area contributed by atoms with Gasteiger partial charge in [-0.05, 0) is 32.1 Å². The summed E-state index contributed by atoms with van der Waals surface area (Å²) in [6, 6.07) is 0. The van der Waals surface area contributed by atoms with Gasteiger partial charge in [-0.25, -0.2) is 0 Å². The fraction of sp³-hybridized carbons (Fsp3) is 0.900. The Bertz CT molecular complexity index is 388. The Balaban J connectivity index is 3.06. The van der Waals surface area contributed by atoms with E-state index in [9.17, 15) is 4.79 Å². The number of hydrogen-bond donors (Lipinski definition) is 1. The van der Waals surface area contributed by atoms with Crippen LogP contribution in [0.4, 0.5) is 0 Å². The molecule has 0 fully saturated rings. The zero-order valence-corrected chi connectivity index (χ0v) is 21.9. The summed E-state index contributed by atoms with van der Waals surface area (Å²) in [6.07, 6.45) is 39.0. The van der Waals surface area contributed by atoms with Crippen molar-refractivity contribution in [1.82, 2.24) is 0 Å². The van der Waals surface area contributed by atoms with E-state index in [2.05, 4.69) is 19.1 Å². The lowest BCUT2D eigenvalue weighted by Crippen LogP contribution is -1.92. The second kappa shape index (κ2) is 28.2. The zero-order chi connectivity index (χ0) is 23.4. The van der Waals surface area contributed by atoms with Crippen LogP contribution in [0.1, 0.15) is 174 Å². The molecule has 0 bridgehead atoms. The summed E-state index contributed by atoms with van der Waals surface area (Å²) in [4.78, 5) is 10.4. The number of allylic oxidation sites excluding steroid dienone is 2. The van der Waals surface area contributed by atoms with Crippen LogP contribution in [0.3, 0.4) is 0 Å². The maximum absolute atomic E-state index is 10.4. The minimum Gasteiger partial charge on any atom is -0.481 e. The SMILES string of the molecule is CCCCCCCCCCCCCCCCCCCCCCCC=CCCCCC(=O)O. The van der Waals surface area contributed by atoms with Gasteiger partial charge in [-0.3, -0.25) is 4.79 Å². The first kappa shape index (κ1) is 31.2. The molecule has 2 nitrogen and oxygen atoms in total. The van der Waals surface area contributed by atoms with Gasteiger partial charge >= 0.3 is 5.97 Å².